The van der Waals surface area contributed by atoms with Crippen molar-refractivity contribution in [2.24, 2.45) is 0 Å². The van der Waals surface area contributed by atoms with Gasteiger partial charge in [0, 0.05) is 6.54 Å². The molecule has 6 nitrogen and oxygen atoms in total. The maximum absolute atomic E-state index is 12.1. The second-order valence-electron chi connectivity index (χ2n) is 3.74. The second kappa shape index (κ2) is 5.41. The molecular formula is C11H12ClNO5. The molecule has 0 saturated carbocycles. The van der Waals surface area contributed by atoms with E-state index in [0.29, 0.717) is 6.54 Å². The van der Waals surface area contributed by atoms with E-state index in [2.05, 4.69) is 4.74 Å². The standard InChI is InChI=1S/C11H12ClNO5/c1-16-11(15)8-6-13(3-5-17-8)10(14)7-2-4-18-9(7)12/h2,4,8H,3,5-6H2,1H3. The van der Waals surface area contributed by atoms with E-state index in [1.807, 2.05) is 0 Å². The Morgan fingerprint density at radius 3 is 2.94 bits per heavy atom. The van der Waals surface area contributed by atoms with Crippen molar-refractivity contribution < 1.29 is 23.5 Å². The highest BCUT2D eigenvalue weighted by atomic mass is 35.5. The van der Waals surface area contributed by atoms with Crippen molar-refractivity contribution in [3.63, 3.8) is 0 Å². The van der Waals surface area contributed by atoms with E-state index < -0.39 is 12.1 Å². The SMILES string of the molecule is COC(=O)C1CN(C(=O)c2ccoc2Cl)CCO1. The van der Waals surface area contributed by atoms with Crippen LogP contribution in [0.3, 0.4) is 0 Å². The number of methoxy groups -OCH3 is 1. The third kappa shape index (κ3) is 2.49. The predicted molar refractivity (Wildman–Crippen MR) is 61.4 cm³/mol. The quantitative estimate of drug-likeness (QED) is 0.751. The minimum absolute atomic E-state index is 0.0427. The Morgan fingerprint density at radius 2 is 2.33 bits per heavy atom. The van der Waals surface area contributed by atoms with Gasteiger partial charge in [0.05, 0.1) is 32.1 Å². The molecule has 1 aliphatic heterocycles. The zero-order valence-corrected chi connectivity index (χ0v) is 10.5. The molecule has 1 saturated heterocycles. The highest BCUT2D eigenvalue weighted by Crippen LogP contribution is 2.20. The van der Waals surface area contributed by atoms with Crippen LogP contribution in [0.15, 0.2) is 16.7 Å². The highest BCUT2D eigenvalue weighted by molar-refractivity contribution is 6.32. The van der Waals surface area contributed by atoms with Gasteiger partial charge in [0.15, 0.2) is 6.10 Å². The third-order valence-corrected chi connectivity index (χ3v) is 2.96. The summed E-state index contributed by atoms with van der Waals surface area (Å²) < 4.78 is 14.7. The molecule has 98 valence electrons. The molecule has 1 amide bonds. The van der Waals surface area contributed by atoms with Crippen LogP contribution in [0.2, 0.25) is 5.22 Å². The lowest BCUT2D eigenvalue weighted by Gasteiger charge is -2.31. The van der Waals surface area contributed by atoms with Gasteiger partial charge in [-0.05, 0) is 17.7 Å². The molecule has 2 rings (SSSR count). The van der Waals surface area contributed by atoms with Gasteiger partial charge < -0.3 is 18.8 Å². The maximum atomic E-state index is 12.1. The van der Waals surface area contributed by atoms with E-state index in [-0.39, 0.29) is 29.8 Å². The molecule has 0 bridgehead atoms. The number of nitrogens with zero attached hydrogens (tertiary/aromatic N) is 1. The molecule has 0 N–H and O–H groups in total. The van der Waals surface area contributed by atoms with E-state index in [9.17, 15) is 9.59 Å². The molecule has 0 spiro atoms. The molecule has 1 aromatic heterocycles. The number of hydrogen-bond donors (Lipinski definition) is 0. The Bertz CT molecular complexity index is 458. The number of ether oxygens (including phenoxy) is 2. The summed E-state index contributed by atoms with van der Waals surface area (Å²) in [5.41, 5.74) is 0.280. The van der Waals surface area contributed by atoms with Gasteiger partial charge in [-0.15, -0.1) is 0 Å². The number of esters is 1. The number of furan rings is 1. The fourth-order valence-corrected chi connectivity index (χ4v) is 1.92. The van der Waals surface area contributed by atoms with Crippen molar-refractivity contribution in [2.75, 3.05) is 26.8 Å². The summed E-state index contributed by atoms with van der Waals surface area (Å²) in [5.74, 6) is -0.781. The smallest absolute Gasteiger partial charge is 0.336 e. The lowest BCUT2D eigenvalue weighted by atomic mass is 10.2. The van der Waals surface area contributed by atoms with Crippen LogP contribution in [0.4, 0.5) is 0 Å². The van der Waals surface area contributed by atoms with Crippen LogP contribution >= 0.6 is 11.6 Å². The van der Waals surface area contributed by atoms with E-state index in [1.165, 1.54) is 24.3 Å². The summed E-state index contributed by atoms with van der Waals surface area (Å²) >= 11 is 5.74. The van der Waals surface area contributed by atoms with Crippen molar-refractivity contribution in [1.29, 1.82) is 0 Å². The van der Waals surface area contributed by atoms with Crippen LogP contribution in [-0.4, -0.2) is 49.7 Å². The highest BCUT2D eigenvalue weighted by Gasteiger charge is 2.31. The van der Waals surface area contributed by atoms with Crippen LogP contribution in [0.1, 0.15) is 10.4 Å². The molecule has 0 radical (unpaired) electrons. The molecule has 0 aromatic carbocycles. The van der Waals surface area contributed by atoms with E-state index in [1.54, 1.807) is 0 Å². The first-order chi connectivity index (χ1) is 8.63. The summed E-state index contributed by atoms with van der Waals surface area (Å²) in [6, 6.07) is 1.49. The lowest BCUT2D eigenvalue weighted by molar-refractivity contribution is -0.158. The lowest BCUT2D eigenvalue weighted by Crippen LogP contribution is -2.48. The molecule has 1 aliphatic rings. The predicted octanol–water partition coefficient (Wildman–Crippen LogP) is 0.947. The maximum Gasteiger partial charge on any atom is 0.336 e. The first-order valence-corrected chi connectivity index (χ1v) is 5.73. The van der Waals surface area contributed by atoms with Crippen molar-refractivity contribution in [3.05, 3.63) is 23.1 Å². The largest absolute Gasteiger partial charge is 0.467 e. The fourth-order valence-electron chi connectivity index (χ4n) is 1.72. The molecule has 1 atom stereocenters. The van der Waals surface area contributed by atoms with Gasteiger partial charge in [0.1, 0.15) is 0 Å². The van der Waals surface area contributed by atoms with Crippen LogP contribution in [0, 0.1) is 0 Å². The summed E-state index contributed by atoms with van der Waals surface area (Å²) in [6.07, 6.45) is 0.590. The number of carbonyl (C=O) groups is 2. The van der Waals surface area contributed by atoms with Crippen molar-refractivity contribution in [3.8, 4) is 0 Å². The van der Waals surface area contributed by atoms with Crippen LogP contribution in [0.5, 0.6) is 0 Å². The van der Waals surface area contributed by atoms with Gasteiger partial charge in [-0.1, -0.05) is 0 Å². The Balaban J connectivity index is 2.07. The molecule has 2 heterocycles. The average molecular weight is 274 g/mol. The molecule has 1 aromatic rings. The molecule has 1 unspecified atom stereocenters. The minimum Gasteiger partial charge on any atom is -0.467 e. The van der Waals surface area contributed by atoms with Gasteiger partial charge in [-0.25, -0.2) is 4.79 Å². The number of halogens is 1. The van der Waals surface area contributed by atoms with Crippen LogP contribution in [0.25, 0.3) is 0 Å². The summed E-state index contributed by atoms with van der Waals surface area (Å²) in [7, 11) is 1.28. The number of morpholine rings is 1. The Hall–Kier alpha value is -1.53. The van der Waals surface area contributed by atoms with Crippen molar-refractivity contribution in [1.82, 2.24) is 4.90 Å². The van der Waals surface area contributed by atoms with Gasteiger partial charge >= 0.3 is 5.97 Å². The summed E-state index contributed by atoms with van der Waals surface area (Å²) in [6.45, 7) is 0.821. The summed E-state index contributed by atoms with van der Waals surface area (Å²) in [4.78, 5) is 25.0. The molecule has 0 aliphatic carbocycles. The van der Waals surface area contributed by atoms with Gasteiger partial charge in [0.25, 0.3) is 5.91 Å². The Labute approximate surface area is 108 Å². The van der Waals surface area contributed by atoms with Crippen molar-refractivity contribution in [2.45, 2.75) is 6.10 Å². The van der Waals surface area contributed by atoms with Crippen LogP contribution in [-0.2, 0) is 14.3 Å². The van der Waals surface area contributed by atoms with Crippen molar-refractivity contribution >= 4 is 23.5 Å². The third-order valence-electron chi connectivity index (χ3n) is 2.67. The molecule has 18 heavy (non-hydrogen) atoms. The monoisotopic (exact) mass is 273 g/mol. The van der Waals surface area contributed by atoms with E-state index in [4.69, 9.17) is 20.8 Å². The molecular weight excluding hydrogens is 262 g/mol. The number of hydrogen-bond acceptors (Lipinski definition) is 5. The number of amides is 1. The van der Waals surface area contributed by atoms with E-state index >= 15 is 0 Å². The number of rotatable bonds is 2. The van der Waals surface area contributed by atoms with Crippen LogP contribution < -0.4 is 0 Å². The summed E-state index contributed by atoms with van der Waals surface area (Å²) in [5, 5.41) is 0.0427. The fraction of sp³-hybridized carbons (Fsp3) is 0.455. The average Bonchev–Trinajstić information content (AvgIpc) is 2.83. The zero-order valence-electron chi connectivity index (χ0n) is 9.72. The first kappa shape index (κ1) is 12.9. The molecule has 7 heteroatoms. The Morgan fingerprint density at radius 1 is 1.56 bits per heavy atom. The van der Waals surface area contributed by atoms with E-state index in [0.717, 1.165) is 0 Å². The normalized spacial score (nSPS) is 19.7. The first-order valence-electron chi connectivity index (χ1n) is 5.35. The second-order valence-corrected chi connectivity index (χ2v) is 4.09. The van der Waals surface area contributed by atoms with Gasteiger partial charge in [-0.2, -0.15) is 0 Å². The minimum atomic E-state index is -0.752. The Kier molecular flexibility index (Phi) is 3.88. The number of carbonyl (C=O) groups excluding carboxylic acids is 2. The van der Waals surface area contributed by atoms with Gasteiger partial charge in [-0.3, -0.25) is 4.79 Å². The zero-order chi connectivity index (χ0) is 13.1. The molecule has 1 fully saturated rings. The van der Waals surface area contributed by atoms with Gasteiger partial charge in [0.2, 0.25) is 5.22 Å². The topological polar surface area (TPSA) is 69.0 Å².